The Morgan fingerprint density at radius 2 is 1.29 bits per heavy atom. The molecule has 1 rings (SSSR count). The van der Waals surface area contributed by atoms with Crippen LogP contribution < -0.4 is 0 Å². The summed E-state index contributed by atoms with van der Waals surface area (Å²) in [6.45, 7) is 18.2. The van der Waals surface area contributed by atoms with E-state index < -0.39 is 44.2 Å². The molecule has 38 heavy (non-hydrogen) atoms. The molecule has 1 aromatic rings. The molecule has 0 aromatic heterocycles. The lowest BCUT2D eigenvalue weighted by molar-refractivity contribution is -0.150. The molecule has 0 saturated carbocycles. The molecule has 10 heteroatoms. The highest BCUT2D eigenvalue weighted by molar-refractivity contribution is 6.77. The molecule has 0 saturated heterocycles. The molecule has 0 bridgehead atoms. The maximum atomic E-state index is 12.8. The first-order valence-corrected chi connectivity index (χ1v) is 15.4. The van der Waals surface area contributed by atoms with E-state index in [4.69, 9.17) is 13.9 Å². The zero-order chi connectivity index (χ0) is 29.4. The molecule has 0 fully saturated rings. The summed E-state index contributed by atoms with van der Waals surface area (Å²) in [7, 11) is -0.932. The van der Waals surface area contributed by atoms with Crippen LogP contribution in [0.3, 0.4) is 0 Å². The normalized spacial score (nSPS) is 14.3. The summed E-state index contributed by atoms with van der Waals surface area (Å²) in [4.78, 5) is 37.0. The van der Waals surface area contributed by atoms with E-state index in [1.807, 2.05) is 6.92 Å². The molecule has 0 amide bonds. The second-order valence-electron chi connectivity index (χ2n) is 11.0. The average molecular weight is 555 g/mol. The molecule has 2 N–H and O–H groups in total. The number of aromatic hydroxyl groups is 2. The van der Waals surface area contributed by atoms with E-state index in [9.17, 15) is 24.6 Å². The molecule has 0 spiro atoms. The minimum atomic E-state index is -2.16. The van der Waals surface area contributed by atoms with Crippen LogP contribution in [-0.2, 0) is 34.6 Å². The summed E-state index contributed by atoms with van der Waals surface area (Å²) in [5.41, 5.74) is 1.22. The summed E-state index contributed by atoms with van der Waals surface area (Å²) >= 11 is 0. The molecule has 9 nitrogen and oxygen atoms in total. The number of hydrogen-bond donors (Lipinski definition) is 2. The Kier molecular flexibility index (Phi) is 12.8. The highest BCUT2D eigenvalue weighted by atomic mass is 28.4. The van der Waals surface area contributed by atoms with Crippen LogP contribution in [0.4, 0.5) is 0 Å². The third-order valence-corrected chi connectivity index (χ3v) is 13.0. The van der Waals surface area contributed by atoms with E-state index in [1.165, 1.54) is 20.1 Å². The van der Waals surface area contributed by atoms with Crippen LogP contribution in [-0.4, -0.2) is 61.9 Å². The quantitative estimate of drug-likeness (QED) is 0.170. The number of benzene rings is 1. The van der Waals surface area contributed by atoms with Gasteiger partial charge < -0.3 is 28.8 Å². The van der Waals surface area contributed by atoms with Crippen LogP contribution >= 0.6 is 0 Å². The predicted molar refractivity (Wildman–Crippen MR) is 147 cm³/mol. The Morgan fingerprint density at radius 3 is 1.79 bits per heavy atom. The third-order valence-electron chi connectivity index (χ3n) is 6.78. The van der Waals surface area contributed by atoms with Crippen LogP contribution in [0.2, 0.25) is 16.6 Å². The van der Waals surface area contributed by atoms with Crippen molar-refractivity contribution >= 4 is 26.2 Å². The minimum Gasteiger partial charge on any atom is -0.508 e. The Balaban J connectivity index is 2.95. The van der Waals surface area contributed by atoms with Crippen LogP contribution in [0, 0.1) is 0 Å². The van der Waals surface area contributed by atoms with Gasteiger partial charge in [-0.2, -0.15) is 0 Å². The molecule has 0 aliphatic carbocycles. The highest BCUT2D eigenvalue weighted by Gasteiger charge is 2.46. The topological polar surface area (TPSA) is 129 Å². The molecule has 0 heterocycles. The average Bonchev–Trinajstić information content (AvgIpc) is 2.75. The van der Waals surface area contributed by atoms with E-state index in [0.29, 0.717) is 16.6 Å². The molecular weight excluding hydrogens is 508 g/mol. The second kappa shape index (κ2) is 14.5. The summed E-state index contributed by atoms with van der Waals surface area (Å²) < 4.78 is 22.1. The summed E-state index contributed by atoms with van der Waals surface area (Å²) in [6, 6.07) is 2.33. The third kappa shape index (κ3) is 9.01. The first-order chi connectivity index (χ1) is 17.5. The number of methoxy groups -OCH3 is 1. The fraction of sp³-hybridized carbons (Fsp3) is 0.679. The lowest BCUT2D eigenvalue weighted by Gasteiger charge is -2.44. The van der Waals surface area contributed by atoms with Gasteiger partial charge in [-0.25, -0.2) is 4.79 Å². The van der Waals surface area contributed by atoms with Gasteiger partial charge in [0.15, 0.2) is 0 Å². The molecule has 0 aliphatic rings. The fourth-order valence-corrected chi connectivity index (χ4v) is 10.9. The summed E-state index contributed by atoms with van der Waals surface area (Å²) in [6.07, 6.45) is -1.82. The van der Waals surface area contributed by atoms with E-state index in [0.717, 1.165) is 6.07 Å². The number of esters is 3. The maximum absolute atomic E-state index is 12.8. The number of carbonyl (C=O) groups excluding carboxylic acids is 3. The number of hydrogen-bond acceptors (Lipinski definition) is 9. The van der Waals surface area contributed by atoms with Crippen LogP contribution in [0.1, 0.15) is 91.1 Å². The lowest BCUT2D eigenvalue weighted by Crippen LogP contribution is -2.50. The van der Waals surface area contributed by atoms with E-state index >= 15 is 0 Å². The Bertz CT molecular complexity index is 936. The largest absolute Gasteiger partial charge is 0.508 e. The van der Waals surface area contributed by atoms with Crippen molar-refractivity contribution in [1.82, 2.24) is 0 Å². The molecule has 3 atom stereocenters. The number of rotatable bonds is 14. The Hall–Kier alpha value is -2.59. The molecule has 1 aromatic carbocycles. The number of ether oxygens (including phenoxy) is 3. The van der Waals surface area contributed by atoms with E-state index in [2.05, 4.69) is 46.3 Å². The molecule has 0 unspecified atom stereocenters. The zero-order valence-corrected chi connectivity index (χ0v) is 25.5. The van der Waals surface area contributed by atoms with E-state index in [-0.39, 0.29) is 42.2 Å². The van der Waals surface area contributed by atoms with Crippen molar-refractivity contribution < 1.29 is 43.2 Å². The molecule has 0 aliphatic heterocycles. The van der Waals surface area contributed by atoms with Gasteiger partial charge in [-0.1, -0.05) is 41.5 Å². The van der Waals surface area contributed by atoms with Gasteiger partial charge in [-0.15, -0.1) is 0 Å². The van der Waals surface area contributed by atoms with Gasteiger partial charge in [-0.05, 0) is 49.0 Å². The lowest BCUT2D eigenvalue weighted by atomic mass is 10.00. The van der Waals surface area contributed by atoms with Crippen molar-refractivity contribution in [3.8, 4) is 11.5 Å². The van der Waals surface area contributed by atoms with Crippen molar-refractivity contribution in [2.75, 3.05) is 7.11 Å². The molecular formula is C28H46O9Si. The Labute approximate surface area is 227 Å². The van der Waals surface area contributed by atoms with Crippen molar-refractivity contribution in [3.63, 3.8) is 0 Å². The monoisotopic (exact) mass is 554 g/mol. The van der Waals surface area contributed by atoms with Gasteiger partial charge in [0.25, 0.3) is 0 Å². The van der Waals surface area contributed by atoms with Crippen LogP contribution in [0.25, 0.3) is 0 Å². The first kappa shape index (κ1) is 33.4. The maximum Gasteiger partial charge on any atom is 0.342 e. The van der Waals surface area contributed by atoms with Crippen molar-refractivity contribution in [1.29, 1.82) is 0 Å². The summed E-state index contributed by atoms with van der Waals surface area (Å²) in [5.74, 6) is -2.59. The fourth-order valence-electron chi connectivity index (χ4n) is 5.32. The number of carbonyl (C=O) groups is 3. The predicted octanol–water partition coefficient (Wildman–Crippen LogP) is 5.65. The van der Waals surface area contributed by atoms with Gasteiger partial charge in [-0.3, -0.25) is 9.59 Å². The van der Waals surface area contributed by atoms with Crippen molar-refractivity contribution in [3.05, 3.63) is 23.3 Å². The highest BCUT2D eigenvalue weighted by Crippen LogP contribution is 2.43. The number of phenols is 2. The molecule has 216 valence electrons. The number of phenolic OH excluding ortho intramolecular Hbond substituents is 2. The SMILES string of the molecule is COC(=O)C[C@@H](C)OC(=O)c1c(O)cc(O)cc1C[C@@H](C)OC(=O)C[C@@H](C)O[Si](C(C)C)(C(C)C)C(C)C. The summed E-state index contributed by atoms with van der Waals surface area (Å²) in [5, 5.41) is 20.4. The van der Waals surface area contributed by atoms with E-state index in [1.54, 1.807) is 6.92 Å². The molecule has 0 radical (unpaired) electrons. The van der Waals surface area contributed by atoms with Crippen molar-refractivity contribution in [2.45, 2.75) is 117 Å². The van der Waals surface area contributed by atoms with Gasteiger partial charge in [0, 0.05) is 12.5 Å². The zero-order valence-electron chi connectivity index (χ0n) is 24.5. The minimum absolute atomic E-state index is 0.0431. The van der Waals surface area contributed by atoms with Crippen LogP contribution in [0.15, 0.2) is 12.1 Å². The second-order valence-corrected chi connectivity index (χ2v) is 16.4. The Morgan fingerprint density at radius 1 is 0.763 bits per heavy atom. The van der Waals surface area contributed by atoms with Gasteiger partial charge >= 0.3 is 17.9 Å². The standard InChI is InChI=1S/C28H46O9Si/c1-16(2)38(17(3)4,18(5)6)37-21(9)13-26(32)35-19(7)11-22-14-23(29)15-24(30)27(22)28(33)36-20(8)12-25(31)34-10/h14-21,29-30H,11-13H2,1-10H3/t19-,20-,21-/m1/s1. The van der Waals surface area contributed by atoms with Gasteiger partial charge in [0.05, 0.1) is 26.1 Å². The van der Waals surface area contributed by atoms with Gasteiger partial charge in [0.2, 0.25) is 8.32 Å². The van der Waals surface area contributed by atoms with Crippen LogP contribution in [0.5, 0.6) is 11.5 Å². The van der Waals surface area contributed by atoms with Gasteiger partial charge in [0.1, 0.15) is 29.3 Å². The first-order valence-electron chi connectivity index (χ1n) is 13.2. The smallest absolute Gasteiger partial charge is 0.342 e. The van der Waals surface area contributed by atoms with Crippen molar-refractivity contribution in [2.24, 2.45) is 0 Å².